The number of nitrogens with two attached hydrogens (primary N) is 1. The molecule has 0 saturated carbocycles. The van der Waals surface area contributed by atoms with E-state index in [4.69, 9.17) is 10.8 Å². The number of aliphatic carboxylic acids is 1. The fraction of sp³-hybridized carbons (Fsp3) is 0.889. The quantitative estimate of drug-likeness (QED) is 0.632. The van der Waals surface area contributed by atoms with E-state index >= 15 is 0 Å². The Kier molecular flexibility index (Phi) is 11.5. The average Bonchev–Trinajstić information content (AvgIpc) is 2.03. The van der Waals surface area contributed by atoms with Crippen LogP contribution in [0.3, 0.4) is 0 Å². The van der Waals surface area contributed by atoms with Crippen LogP contribution in [0.4, 0.5) is 0 Å². The van der Waals surface area contributed by atoms with Crippen molar-refractivity contribution in [3.8, 4) is 0 Å². The number of unbranched alkanes of at least 4 members (excludes halogenated alkanes) is 4. The van der Waals surface area contributed by atoms with Gasteiger partial charge in [0.15, 0.2) is 0 Å². The average molecular weight is 210 g/mol. The number of carboxylic acids is 1. The Hall–Kier alpha value is -0.280. The standard InChI is InChI=1S/C9H19NO2.ClH/c1-2-3-4-5-6-7-8(10)9(11)12;/h8H,2-7,10H2,1H3,(H,11,12);1H/t8-;/m1./s1. The summed E-state index contributed by atoms with van der Waals surface area (Å²) < 4.78 is 0. The zero-order valence-corrected chi connectivity index (χ0v) is 8.98. The molecule has 0 aliphatic heterocycles. The van der Waals surface area contributed by atoms with Gasteiger partial charge >= 0.3 is 5.97 Å². The Labute approximate surface area is 86.1 Å². The molecule has 0 bridgehead atoms. The second-order valence-electron chi connectivity index (χ2n) is 3.15. The predicted octanol–water partition coefficient (Wildman–Crippen LogP) is 2.18. The third kappa shape index (κ3) is 9.64. The molecule has 0 amide bonds. The lowest BCUT2D eigenvalue weighted by Gasteiger charge is -2.04. The van der Waals surface area contributed by atoms with Crippen LogP contribution in [0, 0.1) is 0 Å². The second kappa shape index (κ2) is 9.81. The van der Waals surface area contributed by atoms with Crippen molar-refractivity contribution in [1.29, 1.82) is 0 Å². The van der Waals surface area contributed by atoms with E-state index in [-0.39, 0.29) is 12.4 Å². The monoisotopic (exact) mass is 209 g/mol. The normalized spacial score (nSPS) is 11.8. The Morgan fingerprint density at radius 3 is 2.31 bits per heavy atom. The van der Waals surface area contributed by atoms with Crippen LogP contribution in [-0.2, 0) is 4.79 Å². The van der Waals surface area contributed by atoms with Crippen LogP contribution >= 0.6 is 12.4 Å². The van der Waals surface area contributed by atoms with Gasteiger partial charge in [-0.2, -0.15) is 0 Å². The number of carbonyl (C=O) groups is 1. The van der Waals surface area contributed by atoms with Crippen LogP contribution in [0.2, 0.25) is 0 Å². The zero-order valence-electron chi connectivity index (χ0n) is 8.16. The Morgan fingerprint density at radius 2 is 1.85 bits per heavy atom. The van der Waals surface area contributed by atoms with E-state index in [2.05, 4.69) is 6.92 Å². The smallest absolute Gasteiger partial charge is 0.320 e. The molecule has 0 aromatic carbocycles. The Morgan fingerprint density at radius 1 is 1.31 bits per heavy atom. The highest BCUT2D eigenvalue weighted by Crippen LogP contribution is 2.06. The molecule has 3 N–H and O–H groups in total. The summed E-state index contributed by atoms with van der Waals surface area (Å²) in [6.07, 6.45) is 6.30. The third-order valence-corrected chi connectivity index (χ3v) is 1.94. The lowest BCUT2D eigenvalue weighted by Crippen LogP contribution is -2.29. The molecule has 0 radical (unpaired) electrons. The summed E-state index contributed by atoms with van der Waals surface area (Å²) in [5, 5.41) is 8.46. The number of carboxylic acid groups (broad SMARTS) is 1. The number of halogens is 1. The van der Waals surface area contributed by atoms with E-state index in [1.54, 1.807) is 0 Å². The highest BCUT2D eigenvalue weighted by Gasteiger charge is 2.09. The predicted molar refractivity (Wildman–Crippen MR) is 56.2 cm³/mol. The van der Waals surface area contributed by atoms with Crippen LogP contribution < -0.4 is 5.73 Å². The summed E-state index contributed by atoms with van der Waals surface area (Å²) in [4.78, 5) is 10.3. The minimum absolute atomic E-state index is 0. The van der Waals surface area contributed by atoms with Crippen LogP contribution in [0.1, 0.15) is 45.4 Å². The summed E-state index contributed by atoms with van der Waals surface area (Å²) in [5.41, 5.74) is 5.33. The van der Waals surface area contributed by atoms with Gasteiger partial charge in [0.2, 0.25) is 0 Å². The van der Waals surface area contributed by atoms with Crippen molar-refractivity contribution in [2.24, 2.45) is 5.73 Å². The zero-order chi connectivity index (χ0) is 9.40. The van der Waals surface area contributed by atoms with E-state index in [1.807, 2.05) is 0 Å². The first kappa shape index (κ1) is 15.2. The molecule has 0 aromatic rings. The SMILES string of the molecule is CCCCCCC[C@@H](N)C(=O)O.Cl. The van der Waals surface area contributed by atoms with Crippen LogP contribution in [0.5, 0.6) is 0 Å². The highest BCUT2D eigenvalue weighted by atomic mass is 35.5. The van der Waals surface area contributed by atoms with E-state index in [1.165, 1.54) is 19.3 Å². The summed E-state index contributed by atoms with van der Waals surface area (Å²) in [6, 6.07) is -0.661. The van der Waals surface area contributed by atoms with Gasteiger partial charge in [-0.05, 0) is 6.42 Å². The maximum absolute atomic E-state index is 10.3. The molecule has 3 nitrogen and oxygen atoms in total. The molecule has 0 aromatic heterocycles. The van der Waals surface area contributed by atoms with Crippen molar-refractivity contribution < 1.29 is 9.90 Å². The molecular formula is C9H20ClNO2. The lowest BCUT2D eigenvalue weighted by molar-refractivity contribution is -0.138. The van der Waals surface area contributed by atoms with Gasteiger partial charge < -0.3 is 10.8 Å². The maximum Gasteiger partial charge on any atom is 0.320 e. The summed E-state index contributed by atoms with van der Waals surface area (Å²) in [6.45, 7) is 2.16. The van der Waals surface area contributed by atoms with Crippen molar-refractivity contribution >= 4 is 18.4 Å². The lowest BCUT2D eigenvalue weighted by atomic mass is 10.1. The van der Waals surface area contributed by atoms with E-state index in [0.29, 0.717) is 6.42 Å². The number of hydrogen-bond acceptors (Lipinski definition) is 2. The summed E-state index contributed by atoms with van der Waals surface area (Å²) >= 11 is 0. The molecular weight excluding hydrogens is 190 g/mol. The molecule has 0 aliphatic rings. The minimum atomic E-state index is -0.884. The molecule has 0 spiro atoms. The maximum atomic E-state index is 10.3. The van der Waals surface area contributed by atoms with E-state index < -0.39 is 12.0 Å². The van der Waals surface area contributed by atoms with Gasteiger partial charge in [-0.15, -0.1) is 12.4 Å². The van der Waals surface area contributed by atoms with Gasteiger partial charge in [0.05, 0.1) is 0 Å². The first-order valence-corrected chi connectivity index (χ1v) is 4.67. The molecule has 1 atom stereocenters. The molecule has 0 fully saturated rings. The highest BCUT2D eigenvalue weighted by molar-refractivity contribution is 5.85. The van der Waals surface area contributed by atoms with Gasteiger partial charge in [-0.25, -0.2) is 0 Å². The molecule has 0 heterocycles. The minimum Gasteiger partial charge on any atom is -0.480 e. The molecule has 0 rings (SSSR count). The van der Waals surface area contributed by atoms with Gasteiger partial charge in [0.1, 0.15) is 6.04 Å². The molecule has 0 aliphatic carbocycles. The van der Waals surface area contributed by atoms with Gasteiger partial charge in [0, 0.05) is 0 Å². The van der Waals surface area contributed by atoms with Crippen LogP contribution in [-0.4, -0.2) is 17.1 Å². The largest absolute Gasteiger partial charge is 0.480 e. The topological polar surface area (TPSA) is 63.3 Å². The Balaban J connectivity index is 0. The van der Waals surface area contributed by atoms with Gasteiger partial charge in [0.25, 0.3) is 0 Å². The summed E-state index contributed by atoms with van der Waals surface area (Å²) in [7, 11) is 0. The second-order valence-corrected chi connectivity index (χ2v) is 3.15. The van der Waals surface area contributed by atoms with Crippen LogP contribution in [0.25, 0.3) is 0 Å². The van der Waals surface area contributed by atoms with Gasteiger partial charge in [-0.3, -0.25) is 4.79 Å². The van der Waals surface area contributed by atoms with Crippen LogP contribution in [0.15, 0.2) is 0 Å². The Bertz CT molecular complexity index is 131. The van der Waals surface area contributed by atoms with Gasteiger partial charge in [-0.1, -0.05) is 39.0 Å². The molecule has 80 valence electrons. The first-order valence-electron chi connectivity index (χ1n) is 4.67. The molecule has 13 heavy (non-hydrogen) atoms. The summed E-state index contributed by atoms with van der Waals surface area (Å²) in [5.74, 6) is -0.884. The van der Waals surface area contributed by atoms with E-state index in [9.17, 15) is 4.79 Å². The van der Waals surface area contributed by atoms with Crippen molar-refractivity contribution in [3.05, 3.63) is 0 Å². The third-order valence-electron chi connectivity index (χ3n) is 1.94. The van der Waals surface area contributed by atoms with Crippen molar-refractivity contribution in [1.82, 2.24) is 0 Å². The van der Waals surface area contributed by atoms with Crippen molar-refractivity contribution in [3.63, 3.8) is 0 Å². The number of hydrogen-bond donors (Lipinski definition) is 2. The van der Waals surface area contributed by atoms with Crippen molar-refractivity contribution in [2.75, 3.05) is 0 Å². The molecule has 0 unspecified atom stereocenters. The fourth-order valence-corrected chi connectivity index (χ4v) is 1.09. The van der Waals surface area contributed by atoms with E-state index in [0.717, 1.165) is 12.8 Å². The van der Waals surface area contributed by atoms with Crippen molar-refractivity contribution in [2.45, 2.75) is 51.5 Å². The molecule has 4 heteroatoms. The number of rotatable bonds is 7. The first-order chi connectivity index (χ1) is 5.68. The fourth-order valence-electron chi connectivity index (χ4n) is 1.09. The molecule has 0 saturated heterocycles.